The fourth-order valence-electron chi connectivity index (χ4n) is 1.95. The predicted molar refractivity (Wildman–Crippen MR) is 75.9 cm³/mol. The summed E-state index contributed by atoms with van der Waals surface area (Å²) in [6.45, 7) is 1.82. The molecule has 4 nitrogen and oxygen atoms in total. The number of benzene rings is 1. The molecule has 0 saturated heterocycles. The maximum absolute atomic E-state index is 11.9. The molecule has 1 aromatic rings. The molecular weight excluding hydrogens is 286 g/mol. The topological polar surface area (TPSA) is 63.2 Å². The molecule has 1 aromatic carbocycles. The molecule has 0 fully saturated rings. The highest BCUT2D eigenvalue weighted by molar-refractivity contribution is 7.94. The Hall–Kier alpha value is -1.33. The van der Waals surface area contributed by atoms with Gasteiger partial charge in [-0.15, -0.1) is 0 Å². The van der Waals surface area contributed by atoms with Crippen LogP contribution >= 0.6 is 11.6 Å². The van der Waals surface area contributed by atoms with Crippen LogP contribution in [0.5, 0.6) is 0 Å². The van der Waals surface area contributed by atoms with Crippen molar-refractivity contribution in [3.63, 3.8) is 0 Å². The average molecular weight is 300 g/mol. The molecule has 0 spiro atoms. The first-order valence-electron chi connectivity index (χ1n) is 5.83. The van der Waals surface area contributed by atoms with Gasteiger partial charge in [-0.2, -0.15) is 0 Å². The first-order chi connectivity index (χ1) is 8.87. The van der Waals surface area contributed by atoms with Crippen molar-refractivity contribution in [2.24, 2.45) is 5.92 Å². The van der Waals surface area contributed by atoms with Crippen LogP contribution in [0.2, 0.25) is 5.02 Å². The number of hydrogen-bond acceptors (Lipinski definition) is 3. The second kappa shape index (κ2) is 5.35. The number of carbonyl (C=O) groups is 1. The van der Waals surface area contributed by atoms with Crippen LogP contribution in [-0.4, -0.2) is 20.1 Å². The van der Waals surface area contributed by atoms with E-state index < -0.39 is 9.84 Å². The summed E-state index contributed by atoms with van der Waals surface area (Å²) in [5.41, 5.74) is 1.45. The SMILES string of the molecule is Cc1c(Cl)cccc1NC(=O)C[C@H]1C=CS(=O)(=O)C1. The third-order valence-electron chi connectivity index (χ3n) is 2.99. The molecule has 19 heavy (non-hydrogen) atoms. The van der Waals surface area contributed by atoms with Crippen LogP contribution in [0.1, 0.15) is 12.0 Å². The quantitative estimate of drug-likeness (QED) is 0.933. The van der Waals surface area contributed by atoms with Gasteiger partial charge in [0.1, 0.15) is 0 Å². The van der Waals surface area contributed by atoms with Crippen LogP contribution in [0.4, 0.5) is 5.69 Å². The van der Waals surface area contributed by atoms with Crippen molar-refractivity contribution >= 4 is 33.0 Å². The van der Waals surface area contributed by atoms with Gasteiger partial charge < -0.3 is 5.32 Å². The Bertz CT molecular complexity index is 637. The van der Waals surface area contributed by atoms with Crippen LogP contribution in [-0.2, 0) is 14.6 Å². The molecule has 0 unspecified atom stereocenters. The largest absolute Gasteiger partial charge is 0.326 e. The molecular formula is C13H14ClNO3S. The van der Waals surface area contributed by atoms with Gasteiger partial charge >= 0.3 is 0 Å². The van der Waals surface area contributed by atoms with E-state index in [0.29, 0.717) is 10.7 Å². The minimum Gasteiger partial charge on any atom is -0.326 e. The standard InChI is InChI=1S/C13H14ClNO3S/c1-9-11(14)3-2-4-12(9)15-13(16)7-10-5-6-19(17,18)8-10/h2-6,10H,7-8H2,1H3,(H,15,16)/t10-/m1/s1. The summed E-state index contributed by atoms with van der Waals surface area (Å²) < 4.78 is 22.5. The molecule has 1 aliphatic rings. The van der Waals surface area contributed by atoms with Gasteiger partial charge in [-0.1, -0.05) is 23.7 Å². The maximum atomic E-state index is 11.9. The lowest BCUT2D eigenvalue weighted by Gasteiger charge is -2.11. The van der Waals surface area contributed by atoms with Crippen molar-refractivity contribution in [2.45, 2.75) is 13.3 Å². The minimum atomic E-state index is -3.11. The highest BCUT2D eigenvalue weighted by Gasteiger charge is 2.23. The third-order valence-corrected chi connectivity index (χ3v) is 4.87. The molecule has 102 valence electrons. The number of amides is 1. The van der Waals surface area contributed by atoms with Gasteiger partial charge in [0.2, 0.25) is 5.91 Å². The molecule has 0 saturated carbocycles. The van der Waals surface area contributed by atoms with Gasteiger partial charge in [-0.05, 0) is 24.6 Å². The summed E-state index contributed by atoms with van der Waals surface area (Å²) in [5, 5.41) is 4.51. The van der Waals surface area contributed by atoms with E-state index in [1.54, 1.807) is 24.3 Å². The van der Waals surface area contributed by atoms with Crippen molar-refractivity contribution in [2.75, 3.05) is 11.1 Å². The van der Waals surface area contributed by atoms with Gasteiger partial charge in [0, 0.05) is 28.5 Å². The van der Waals surface area contributed by atoms with E-state index in [1.807, 2.05) is 6.92 Å². The zero-order chi connectivity index (χ0) is 14.0. The van der Waals surface area contributed by atoms with Crippen LogP contribution in [0.3, 0.4) is 0 Å². The molecule has 1 N–H and O–H groups in total. The zero-order valence-corrected chi connectivity index (χ0v) is 12.0. The molecule has 6 heteroatoms. The molecule has 1 heterocycles. The Kier molecular flexibility index (Phi) is 3.96. The van der Waals surface area contributed by atoms with Crippen molar-refractivity contribution in [3.8, 4) is 0 Å². The van der Waals surface area contributed by atoms with E-state index in [2.05, 4.69) is 5.32 Å². The lowest BCUT2D eigenvalue weighted by Crippen LogP contribution is -2.18. The van der Waals surface area contributed by atoms with E-state index in [0.717, 1.165) is 5.56 Å². The number of allylic oxidation sites excluding steroid dienone is 1. The predicted octanol–water partition coefficient (Wildman–Crippen LogP) is 2.54. The molecule has 1 aliphatic heterocycles. The van der Waals surface area contributed by atoms with Crippen molar-refractivity contribution in [1.82, 2.24) is 0 Å². The Labute approximate surface area is 117 Å². The molecule has 0 aliphatic carbocycles. The van der Waals surface area contributed by atoms with Crippen molar-refractivity contribution in [3.05, 3.63) is 40.3 Å². The maximum Gasteiger partial charge on any atom is 0.225 e. The smallest absolute Gasteiger partial charge is 0.225 e. The van der Waals surface area contributed by atoms with E-state index in [1.165, 1.54) is 5.41 Å². The van der Waals surface area contributed by atoms with E-state index in [4.69, 9.17) is 11.6 Å². The van der Waals surface area contributed by atoms with Crippen LogP contribution in [0.15, 0.2) is 29.7 Å². The highest BCUT2D eigenvalue weighted by Crippen LogP contribution is 2.24. The molecule has 2 rings (SSSR count). The van der Waals surface area contributed by atoms with E-state index in [-0.39, 0.29) is 24.0 Å². The summed E-state index contributed by atoms with van der Waals surface area (Å²) in [6.07, 6.45) is 1.72. The number of sulfone groups is 1. The van der Waals surface area contributed by atoms with E-state index in [9.17, 15) is 13.2 Å². The first-order valence-corrected chi connectivity index (χ1v) is 7.92. The summed E-state index contributed by atoms with van der Waals surface area (Å²) in [4.78, 5) is 11.9. The highest BCUT2D eigenvalue weighted by atomic mass is 35.5. The Morgan fingerprint density at radius 1 is 1.47 bits per heavy atom. The van der Waals surface area contributed by atoms with Crippen molar-refractivity contribution in [1.29, 1.82) is 0 Å². The summed E-state index contributed by atoms with van der Waals surface area (Å²) in [5.74, 6) is -0.448. The van der Waals surface area contributed by atoms with Gasteiger partial charge in [0.15, 0.2) is 9.84 Å². The Morgan fingerprint density at radius 2 is 2.21 bits per heavy atom. The van der Waals surface area contributed by atoms with Crippen LogP contribution < -0.4 is 5.32 Å². The number of hydrogen-bond donors (Lipinski definition) is 1. The third kappa shape index (κ3) is 3.58. The lowest BCUT2D eigenvalue weighted by atomic mass is 10.1. The number of rotatable bonds is 3. The fourth-order valence-corrected chi connectivity index (χ4v) is 3.52. The van der Waals surface area contributed by atoms with E-state index >= 15 is 0 Å². The lowest BCUT2D eigenvalue weighted by molar-refractivity contribution is -0.116. The van der Waals surface area contributed by atoms with Gasteiger partial charge in [0.05, 0.1) is 5.75 Å². The second-order valence-corrected chi connectivity index (χ2v) is 6.92. The summed E-state index contributed by atoms with van der Waals surface area (Å²) in [6, 6.07) is 5.27. The first kappa shape index (κ1) is 14.1. The molecule has 1 amide bonds. The van der Waals surface area contributed by atoms with Gasteiger partial charge in [0.25, 0.3) is 0 Å². The summed E-state index contributed by atoms with van der Waals surface area (Å²) in [7, 11) is -3.11. The summed E-state index contributed by atoms with van der Waals surface area (Å²) >= 11 is 5.96. The number of anilines is 1. The van der Waals surface area contributed by atoms with Gasteiger partial charge in [-0.3, -0.25) is 4.79 Å². The van der Waals surface area contributed by atoms with Crippen LogP contribution in [0, 0.1) is 12.8 Å². The van der Waals surface area contributed by atoms with Gasteiger partial charge in [-0.25, -0.2) is 8.42 Å². The minimum absolute atomic E-state index is 0.00888. The normalized spacial score (nSPS) is 20.4. The Morgan fingerprint density at radius 3 is 2.84 bits per heavy atom. The number of nitrogens with one attached hydrogen (secondary N) is 1. The molecule has 1 atom stereocenters. The van der Waals surface area contributed by atoms with Crippen LogP contribution in [0.25, 0.3) is 0 Å². The second-order valence-electron chi connectivity index (χ2n) is 4.58. The molecule has 0 aromatic heterocycles. The van der Waals surface area contributed by atoms with Crippen molar-refractivity contribution < 1.29 is 13.2 Å². The zero-order valence-electron chi connectivity index (χ0n) is 10.4. The molecule has 0 bridgehead atoms. The average Bonchev–Trinajstić information content (AvgIpc) is 2.64. The Balaban J connectivity index is 1.99. The monoisotopic (exact) mass is 299 g/mol. The molecule has 0 radical (unpaired) electrons. The fraction of sp³-hybridized carbons (Fsp3) is 0.308. The number of carbonyl (C=O) groups excluding carboxylic acids is 1. The number of halogens is 1.